The SMILES string of the molecule is CC1(C)c2ccccc2-c2ccc(N(c3ccc(F)cc3)c3cccc(-c4cc(-c5ccccc5)c5c(c4)-c4ccccc4C5(C)C)c3)cc21. The lowest BCUT2D eigenvalue weighted by Crippen LogP contribution is -2.16. The van der Waals surface area contributed by atoms with Gasteiger partial charge in [0.15, 0.2) is 0 Å². The van der Waals surface area contributed by atoms with E-state index in [-0.39, 0.29) is 16.6 Å². The molecule has 0 N–H and O–H groups in total. The fraction of sp³-hybridized carbons (Fsp3) is 0.125. The molecule has 0 spiro atoms. The van der Waals surface area contributed by atoms with E-state index in [1.807, 2.05) is 12.1 Å². The highest BCUT2D eigenvalue weighted by molar-refractivity contribution is 5.93. The number of hydrogen-bond donors (Lipinski definition) is 0. The number of rotatable bonds is 5. The Balaban J connectivity index is 1.22. The summed E-state index contributed by atoms with van der Waals surface area (Å²) in [6, 6.07) is 55.5. The number of hydrogen-bond acceptors (Lipinski definition) is 1. The van der Waals surface area contributed by atoms with E-state index >= 15 is 0 Å². The molecule has 0 radical (unpaired) electrons. The molecular formula is C48H38FN. The van der Waals surface area contributed by atoms with Gasteiger partial charge in [-0.25, -0.2) is 4.39 Å². The molecule has 2 heteroatoms. The maximum absolute atomic E-state index is 14.3. The lowest BCUT2D eigenvalue weighted by atomic mass is 9.78. The van der Waals surface area contributed by atoms with Gasteiger partial charge in [-0.2, -0.15) is 0 Å². The van der Waals surface area contributed by atoms with Crippen LogP contribution in [0, 0.1) is 5.82 Å². The van der Waals surface area contributed by atoms with Crippen molar-refractivity contribution in [2.45, 2.75) is 38.5 Å². The first-order valence-electron chi connectivity index (χ1n) is 17.5. The van der Waals surface area contributed by atoms with Crippen LogP contribution in [0.15, 0.2) is 158 Å². The maximum atomic E-state index is 14.3. The van der Waals surface area contributed by atoms with Crippen molar-refractivity contribution < 1.29 is 4.39 Å². The van der Waals surface area contributed by atoms with Crippen molar-refractivity contribution in [3.63, 3.8) is 0 Å². The summed E-state index contributed by atoms with van der Waals surface area (Å²) in [6.07, 6.45) is 0. The van der Waals surface area contributed by atoms with Crippen LogP contribution in [0.25, 0.3) is 44.5 Å². The predicted molar refractivity (Wildman–Crippen MR) is 207 cm³/mol. The lowest BCUT2D eigenvalue weighted by molar-refractivity contribution is 0.628. The first-order valence-corrected chi connectivity index (χ1v) is 17.5. The van der Waals surface area contributed by atoms with E-state index in [4.69, 9.17) is 0 Å². The minimum atomic E-state index is -0.247. The van der Waals surface area contributed by atoms with Crippen molar-refractivity contribution in [2.75, 3.05) is 4.90 Å². The van der Waals surface area contributed by atoms with Crippen LogP contribution in [-0.2, 0) is 10.8 Å². The molecule has 0 atom stereocenters. The summed E-state index contributed by atoms with van der Waals surface area (Å²) in [4.78, 5) is 2.26. The number of nitrogens with zero attached hydrogens (tertiary/aromatic N) is 1. The van der Waals surface area contributed by atoms with Gasteiger partial charge in [-0.05, 0) is 127 Å². The van der Waals surface area contributed by atoms with Crippen LogP contribution in [0.4, 0.5) is 21.5 Å². The Morgan fingerprint density at radius 3 is 1.68 bits per heavy atom. The zero-order valence-corrected chi connectivity index (χ0v) is 28.8. The van der Waals surface area contributed by atoms with Crippen molar-refractivity contribution >= 4 is 17.1 Å². The van der Waals surface area contributed by atoms with E-state index in [0.717, 1.165) is 22.6 Å². The Labute approximate surface area is 294 Å². The molecule has 0 saturated carbocycles. The second-order valence-corrected chi connectivity index (χ2v) is 14.7. The monoisotopic (exact) mass is 647 g/mol. The van der Waals surface area contributed by atoms with E-state index in [9.17, 15) is 4.39 Å². The van der Waals surface area contributed by atoms with Gasteiger partial charge in [0.25, 0.3) is 0 Å². The van der Waals surface area contributed by atoms with Crippen LogP contribution < -0.4 is 4.90 Å². The number of halogens is 1. The summed E-state index contributed by atoms with van der Waals surface area (Å²) in [5.74, 6) is -0.247. The molecule has 9 rings (SSSR count). The Morgan fingerprint density at radius 2 is 0.940 bits per heavy atom. The average Bonchev–Trinajstić information content (AvgIpc) is 3.52. The molecule has 242 valence electrons. The molecule has 0 amide bonds. The second kappa shape index (κ2) is 11.1. The number of fused-ring (bicyclic) bond motifs is 6. The number of benzene rings is 7. The molecule has 0 bridgehead atoms. The van der Waals surface area contributed by atoms with Crippen molar-refractivity contribution in [2.24, 2.45) is 0 Å². The third-order valence-corrected chi connectivity index (χ3v) is 11.1. The molecule has 7 aromatic carbocycles. The third kappa shape index (κ3) is 4.59. The molecule has 0 fully saturated rings. The van der Waals surface area contributed by atoms with Gasteiger partial charge in [-0.1, -0.05) is 125 Å². The first-order chi connectivity index (χ1) is 24.2. The molecule has 7 aromatic rings. The Hall–Kier alpha value is -5.73. The van der Waals surface area contributed by atoms with Crippen molar-refractivity contribution in [1.29, 1.82) is 0 Å². The summed E-state index contributed by atoms with van der Waals surface area (Å²) < 4.78 is 14.3. The Morgan fingerprint density at radius 1 is 0.380 bits per heavy atom. The van der Waals surface area contributed by atoms with Gasteiger partial charge in [0.05, 0.1) is 0 Å². The van der Waals surface area contributed by atoms with E-state index in [0.29, 0.717) is 0 Å². The number of anilines is 3. The lowest BCUT2D eigenvalue weighted by Gasteiger charge is -2.28. The molecule has 0 unspecified atom stereocenters. The molecule has 1 nitrogen and oxygen atoms in total. The minimum absolute atomic E-state index is 0.127. The van der Waals surface area contributed by atoms with Gasteiger partial charge in [-0.15, -0.1) is 0 Å². The average molecular weight is 648 g/mol. The maximum Gasteiger partial charge on any atom is 0.123 e. The summed E-state index contributed by atoms with van der Waals surface area (Å²) in [6.45, 7) is 9.31. The zero-order chi connectivity index (χ0) is 34.2. The molecule has 2 aliphatic rings. The highest BCUT2D eigenvalue weighted by Crippen LogP contribution is 2.54. The van der Waals surface area contributed by atoms with Gasteiger partial charge in [0.1, 0.15) is 5.82 Å². The summed E-state index contributed by atoms with van der Waals surface area (Å²) in [5, 5.41) is 0. The topological polar surface area (TPSA) is 3.24 Å². The highest BCUT2D eigenvalue weighted by Gasteiger charge is 2.38. The Kier molecular flexibility index (Phi) is 6.77. The van der Waals surface area contributed by atoms with Gasteiger partial charge in [0.2, 0.25) is 0 Å². The van der Waals surface area contributed by atoms with Crippen LogP contribution in [0.1, 0.15) is 49.9 Å². The normalized spacial score (nSPS) is 14.4. The molecule has 0 heterocycles. The second-order valence-electron chi connectivity index (χ2n) is 14.7. The Bertz CT molecular complexity index is 2440. The van der Waals surface area contributed by atoms with Gasteiger partial charge in [0, 0.05) is 27.9 Å². The molecular weight excluding hydrogens is 610 g/mol. The summed E-state index contributed by atoms with van der Waals surface area (Å²) in [5.41, 5.74) is 18.0. The van der Waals surface area contributed by atoms with Gasteiger partial charge < -0.3 is 4.90 Å². The smallest absolute Gasteiger partial charge is 0.123 e. The van der Waals surface area contributed by atoms with Crippen LogP contribution in [0.3, 0.4) is 0 Å². The predicted octanol–water partition coefficient (Wildman–Crippen LogP) is 13.2. The van der Waals surface area contributed by atoms with E-state index in [2.05, 4.69) is 166 Å². The fourth-order valence-corrected chi connectivity index (χ4v) is 8.63. The first kappa shape index (κ1) is 30.3. The summed E-state index contributed by atoms with van der Waals surface area (Å²) in [7, 11) is 0. The fourth-order valence-electron chi connectivity index (χ4n) is 8.63. The van der Waals surface area contributed by atoms with Gasteiger partial charge >= 0.3 is 0 Å². The molecule has 0 aromatic heterocycles. The molecule has 2 aliphatic carbocycles. The zero-order valence-electron chi connectivity index (χ0n) is 28.8. The largest absolute Gasteiger partial charge is 0.310 e. The summed E-state index contributed by atoms with van der Waals surface area (Å²) >= 11 is 0. The third-order valence-electron chi connectivity index (χ3n) is 11.1. The van der Waals surface area contributed by atoms with Crippen molar-refractivity contribution in [1.82, 2.24) is 0 Å². The molecule has 50 heavy (non-hydrogen) atoms. The van der Waals surface area contributed by atoms with Crippen LogP contribution in [0.5, 0.6) is 0 Å². The standard InChI is InChI=1S/C48H38FN/c1-47(2)43-19-10-8-17-38(43)40-26-25-37(30-45(40)47)50(35-23-21-34(49)22-24-35)36-16-12-15-32(27-36)33-28-41(31-13-6-5-7-14-31)46-42(29-33)39-18-9-11-20-44(39)48(46,3)4/h5-30H,1-4H3. The van der Waals surface area contributed by atoms with Crippen LogP contribution in [0.2, 0.25) is 0 Å². The molecule has 0 saturated heterocycles. The van der Waals surface area contributed by atoms with Crippen molar-refractivity contribution in [3.05, 3.63) is 186 Å². The van der Waals surface area contributed by atoms with E-state index in [1.165, 1.54) is 61.2 Å². The minimum Gasteiger partial charge on any atom is -0.310 e. The molecule has 0 aliphatic heterocycles. The van der Waals surface area contributed by atoms with Crippen molar-refractivity contribution in [3.8, 4) is 44.5 Å². The highest BCUT2D eigenvalue weighted by atomic mass is 19.1. The quantitative estimate of drug-likeness (QED) is 0.180. The van der Waals surface area contributed by atoms with E-state index < -0.39 is 0 Å². The van der Waals surface area contributed by atoms with E-state index in [1.54, 1.807) is 12.1 Å². The van der Waals surface area contributed by atoms with Crippen LogP contribution >= 0.6 is 0 Å². The van der Waals surface area contributed by atoms with Crippen LogP contribution in [-0.4, -0.2) is 0 Å². The van der Waals surface area contributed by atoms with Gasteiger partial charge in [-0.3, -0.25) is 0 Å².